The molecule has 1 saturated carbocycles. The van der Waals surface area contributed by atoms with Gasteiger partial charge in [-0.05, 0) is 42.7 Å². The quantitative estimate of drug-likeness (QED) is 0.831. The van der Waals surface area contributed by atoms with E-state index in [1.807, 2.05) is 0 Å². The second-order valence-electron chi connectivity index (χ2n) is 6.71. The highest BCUT2D eigenvalue weighted by Gasteiger charge is 2.46. The SMILES string of the molecule is NCC1(C(O)C2CCCCCC2)CCc2ccccc21. The third-order valence-electron chi connectivity index (χ3n) is 5.67. The molecule has 110 valence electrons. The number of nitrogens with two attached hydrogens (primary N) is 1. The van der Waals surface area contributed by atoms with Crippen LogP contribution < -0.4 is 5.73 Å². The van der Waals surface area contributed by atoms with Crippen molar-refractivity contribution in [3.8, 4) is 0 Å². The third-order valence-corrected chi connectivity index (χ3v) is 5.67. The van der Waals surface area contributed by atoms with Gasteiger partial charge < -0.3 is 10.8 Å². The topological polar surface area (TPSA) is 46.2 Å². The summed E-state index contributed by atoms with van der Waals surface area (Å²) in [6.45, 7) is 0.571. The molecule has 1 aromatic rings. The molecule has 3 N–H and O–H groups in total. The van der Waals surface area contributed by atoms with Gasteiger partial charge in [-0.2, -0.15) is 0 Å². The summed E-state index contributed by atoms with van der Waals surface area (Å²) in [6, 6.07) is 8.58. The Hall–Kier alpha value is -0.860. The van der Waals surface area contributed by atoms with E-state index in [1.165, 1.54) is 49.7 Å². The molecule has 0 heterocycles. The van der Waals surface area contributed by atoms with Crippen molar-refractivity contribution in [1.29, 1.82) is 0 Å². The summed E-state index contributed by atoms with van der Waals surface area (Å²) in [5, 5.41) is 11.1. The first kappa shape index (κ1) is 14.1. The number of hydrogen-bond donors (Lipinski definition) is 2. The van der Waals surface area contributed by atoms with Gasteiger partial charge in [0.2, 0.25) is 0 Å². The summed E-state index contributed by atoms with van der Waals surface area (Å²) in [4.78, 5) is 0. The number of hydrogen-bond acceptors (Lipinski definition) is 2. The Morgan fingerprint density at radius 2 is 1.85 bits per heavy atom. The molecule has 0 saturated heterocycles. The predicted octanol–water partition coefficient (Wildman–Crippen LogP) is 3.16. The molecule has 3 rings (SSSR count). The molecule has 2 nitrogen and oxygen atoms in total. The minimum Gasteiger partial charge on any atom is -0.392 e. The first-order chi connectivity index (χ1) is 9.78. The van der Waals surface area contributed by atoms with E-state index in [1.54, 1.807) is 0 Å². The zero-order valence-corrected chi connectivity index (χ0v) is 12.4. The molecule has 2 aliphatic rings. The van der Waals surface area contributed by atoms with Crippen LogP contribution in [0.1, 0.15) is 56.1 Å². The lowest BCUT2D eigenvalue weighted by Crippen LogP contribution is -2.48. The Morgan fingerprint density at radius 1 is 1.15 bits per heavy atom. The van der Waals surface area contributed by atoms with Gasteiger partial charge in [-0.3, -0.25) is 0 Å². The van der Waals surface area contributed by atoms with Gasteiger partial charge in [0.15, 0.2) is 0 Å². The minimum absolute atomic E-state index is 0.189. The lowest BCUT2D eigenvalue weighted by Gasteiger charge is -2.39. The monoisotopic (exact) mass is 273 g/mol. The van der Waals surface area contributed by atoms with E-state index in [4.69, 9.17) is 5.73 Å². The molecule has 0 aromatic heterocycles. The van der Waals surface area contributed by atoms with Crippen molar-refractivity contribution in [2.24, 2.45) is 11.7 Å². The Bertz CT molecular complexity index is 450. The Kier molecular flexibility index (Phi) is 4.13. The first-order valence-corrected chi connectivity index (χ1v) is 8.24. The minimum atomic E-state index is -0.269. The van der Waals surface area contributed by atoms with E-state index < -0.39 is 0 Å². The van der Waals surface area contributed by atoms with Crippen LogP contribution in [0.5, 0.6) is 0 Å². The molecule has 2 aliphatic carbocycles. The van der Waals surface area contributed by atoms with Crippen molar-refractivity contribution < 1.29 is 5.11 Å². The maximum Gasteiger partial charge on any atom is 0.0677 e. The van der Waals surface area contributed by atoms with Crippen LogP contribution in [0.3, 0.4) is 0 Å². The van der Waals surface area contributed by atoms with Gasteiger partial charge in [-0.25, -0.2) is 0 Å². The van der Waals surface area contributed by atoms with Gasteiger partial charge >= 0.3 is 0 Å². The number of benzene rings is 1. The van der Waals surface area contributed by atoms with Gasteiger partial charge in [0.05, 0.1) is 6.10 Å². The van der Waals surface area contributed by atoms with E-state index in [-0.39, 0.29) is 11.5 Å². The molecule has 0 radical (unpaired) electrons. The normalized spacial score (nSPS) is 28.9. The van der Waals surface area contributed by atoms with Crippen LogP contribution in [0.4, 0.5) is 0 Å². The van der Waals surface area contributed by atoms with Crippen LogP contribution in [0.2, 0.25) is 0 Å². The average molecular weight is 273 g/mol. The van der Waals surface area contributed by atoms with Crippen LogP contribution in [-0.2, 0) is 11.8 Å². The molecule has 0 amide bonds. The molecular weight excluding hydrogens is 246 g/mol. The number of aliphatic hydroxyl groups excluding tert-OH is 1. The molecule has 0 bridgehead atoms. The van der Waals surface area contributed by atoms with Gasteiger partial charge in [-0.1, -0.05) is 49.9 Å². The van der Waals surface area contributed by atoms with Gasteiger partial charge in [0, 0.05) is 12.0 Å². The molecule has 0 aliphatic heterocycles. The molecule has 2 unspecified atom stereocenters. The molecular formula is C18H27NO. The fraction of sp³-hybridized carbons (Fsp3) is 0.667. The third kappa shape index (κ3) is 2.29. The number of aliphatic hydroxyl groups is 1. The molecule has 2 heteroatoms. The lowest BCUT2D eigenvalue weighted by atomic mass is 9.70. The van der Waals surface area contributed by atoms with Gasteiger partial charge in [0.25, 0.3) is 0 Å². The molecule has 1 fully saturated rings. The van der Waals surface area contributed by atoms with E-state index in [9.17, 15) is 5.11 Å². The number of rotatable bonds is 3. The fourth-order valence-corrected chi connectivity index (χ4v) is 4.43. The van der Waals surface area contributed by atoms with Crippen LogP contribution in [-0.4, -0.2) is 17.8 Å². The van der Waals surface area contributed by atoms with Crippen LogP contribution in [0.15, 0.2) is 24.3 Å². The maximum atomic E-state index is 11.1. The molecule has 1 aromatic carbocycles. The summed E-state index contributed by atoms with van der Waals surface area (Å²) >= 11 is 0. The number of aryl methyl sites for hydroxylation is 1. The Labute approximate surface area is 122 Å². The zero-order valence-electron chi connectivity index (χ0n) is 12.4. The second kappa shape index (κ2) is 5.87. The highest BCUT2D eigenvalue weighted by Crippen LogP contribution is 2.45. The van der Waals surface area contributed by atoms with Crippen molar-refractivity contribution >= 4 is 0 Å². The molecule has 2 atom stereocenters. The predicted molar refractivity (Wildman–Crippen MR) is 82.7 cm³/mol. The smallest absolute Gasteiger partial charge is 0.0677 e. The largest absolute Gasteiger partial charge is 0.392 e. The fourth-order valence-electron chi connectivity index (χ4n) is 4.43. The lowest BCUT2D eigenvalue weighted by molar-refractivity contribution is 0.0245. The van der Waals surface area contributed by atoms with E-state index in [0.29, 0.717) is 12.5 Å². The van der Waals surface area contributed by atoms with Crippen molar-refractivity contribution in [3.05, 3.63) is 35.4 Å². The van der Waals surface area contributed by atoms with Crippen molar-refractivity contribution in [2.75, 3.05) is 6.54 Å². The van der Waals surface area contributed by atoms with Crippen LogP contribution in [0.25, 0.3) is 0 Å². The highest BCUT2D eigenvalue weighted by atomic mass is 16.3. The number of fused-ring (bicyclic) bond motifs is 1. The zero-order chi connectivity index (χ0) is 14.0. The summed E-state index contributed by atoms with van der Waals surface area (Å²) in [5.74, 6) is 0.437. The van der Waals surface area contributed by atoms with Gasteiger partial charge in [0.1, 0.15) is 0 Å². The van der Waals surface area contributed by atoms with Crippen LogP contribution in [0, 0.1) is 5.92 Å². The highest BCUT2D eigenvalue weighted by molar-refractivity contribution is 5.41. The maximum absolute atomic E-state index is 11.1. The molecule has 0 spiro atoms. The average Bonchev–Trinajstić information content (AvgIpc) is 2.68. The van der Waals surface area contributed by atoms with Crippen molar-refractivity contribution in [1.82, 2.24) is 0 Å². The van der Waals surface area contributed by atoms with E-state index >= 15 is 0 Å². The summed E-state index contributed by atoms with van der Waals surface area (Å²) in [7, 11) is 0. The van der Waals surface area contributed by atoms with Crippen molar-refractivity contribution in [3.63, 3.8) is 0 Å². The Balaban J connectivity index is 1.89. The molecule has 20 heavy (non-hydrogen) atoms. The summed E-state index contributed by atoms with van der Waals surface area (Å²) in [5.41, 5.74) is 8.69. The Morgan fingerprint density at radius 3 is 2.55 bits per heavy atom. The van der Waals surface area contributed by atoms with Crippen LogP contribution >= 0.6 is 0 Å². The summed E-state index contributed by atoms with van der Waals surface area (Å²) < 4.78 is 0. The van der Waals surface area contributed by atoms with E-state index in [0.717, 1.165) is 12.8 Å². The standard InChI is InChI=1S/C18H27NO/c19-13-18(12-11-14-7-5-6-10-16(14)18)17(20)15-8-3-1-2-4-9-15/h5-7,10,15,17,20H,1-4,8-9,11-13,19H2. The second-order valence-corrected chi connectivity index (χ2v) is 6.71. The first-order valence-electron chi connectivity index (χ1n) is 8.24. The van der Waals surface area contributed by atoms with E-state index in [2.05, 4.69) is 24.3 Å². The van der Waals surface area contributed by atoms with Gasteiger partial charge in [-0.15, -0.1) is 0 Å². The summed E-state index contributed by atoms with van der Waals surface area (Å²) in [6.07, 6.45) is 9.35. The van der Waals surface area contributed by atoms with Crippen molar-refractivity contribution in [2.45, 2.75) is 62.9 Å².